The van der Waals surface area contributed by atoms with Crippen LogP contribution in [0.3, 0.4) is 0 Å². The summed E-state index contributed by atoms with van der Waals surface area (Å²) in [6.07, 6.45) is 2.38. The highest BCUT2D eigenvalue weighted by Crippen LogP contribution is 2.38. The molecule has 1 aliphatic rings. The van der Waals surface area contributed by atoms with Crippen molar-refractivity contribution < 1.29 is 9.90 Å². The molecule has 7 heteroatoms. The van der Waals surface area contributed by atoms with Gasteiger partial charge >= 0.3 is 5.97 Å². The Morgan fingerprint density at radius 1 is 1.55 bits per heavy atom. The summed E-state index contributed by atoms with van der Waals surface area (Å²) in [5.74, 6) is -1.18. The van der Waals surface area contributed by atoms with Crippen LogP contribution in [0.1, 0.15) is 33.6 Å². The number of hydrogen-bond donors (Lipinski definition) is 2. The van der Waals surface area contributed by atoms with Crippen LogP contribution in [0.5, 0.6) is 0 Å². The molecule has 5 nitrogen and oxygen atoms in total. The van der Waals surface area contributed by atoms with E-state index >= 15 is 0 Å². The number of nitrogens with zero attached hydrogens (tertiary/aromatic N) is 2. The molecule has 0 bridgehead atoms. The Morgan fingerprint density at radius 2 is 2.40 bits per heavy atom. The van der Waals surface area contributed by atoms with Gasteiger partial charge in [0.05, 0.1) is 10.7 Å². The molecule has 2 aromatic rings. The molecule has 20 heavy (non-hydrogen) atoms. The molecule has 2 heterocycles. The number of aryl methyl sites for hydroxylation is 2. The van der Waals surface area contributed by atoms with Crippen LogP contribution >= 0.6 is 22.7 Å². The monoisotopic (exact) mass is 309 g/mol. The number of rotatable bonds is 5. The van der Waals surface area contributed by atoms with E-state index in [0.29, 0.717) is 6.42 Å². The van der Waals surface area contributed by atoms with E-state index in [1.807, 2.05) is 12.3 Å². The van der Waals surface area contributed by atoms with E-state index in [1.165, 1.54) is 0 Å². The van der Waals surface area contributed by atoms with E-state index in [2.05, 4.69) is 15.3 Å². The molecular formula is C13H15N3O2S2. The predicted octanol–water partition coefficient (Wildman–Crippen LogP) is 2.68. The van der Waals surface area contributed by atoms with Crippen molar-refractivity contribution >= 4 is 33.8 Å². The topological polar surface area (TPSA) is 75.1 Å². The number of carboxylic acid groups (broad SMARTS) is 1. The van der Waals surface area contributed by atoms with Gasteiger partial charge in [-0.3, -0.25) is 4.79 Å². The molecule has 2 aromatic heterocycles. The smallest absolute Gasteiger partial charge is 0.312 e. The number of hydrogen-bond acceptors (Lipinski definition) is 6. The van der Waals surface area contributed by atoms with Crippen LogP contribution in [0.2, 0.25) is 0 Å². The van der Waals surface area contributed by atoms with Crippen LogP contribution in [-0.2, 0) is 17.6 Å². The Morgan fingerprint density at radius 3 is 3.10 bits per heavy atom. The van der Waals surface area contributed by atoms with Crippen molar-refractivity contribution in [3.63, 3.8) is 0 Å². The molecule has 0 aromatic carbocycles. The van der Waals surface area contributed by atoms with Crippen LogP contribution in [0.15, 0.2) is 5.38 Å². The van der Waals surface area contributed by atoms with Crippen LogP contribution in [0.25, 0.3) is 0 Å². The lowest BCUT2D eigenvalue weighted by Gasteiger charge is -2.03. The second kappa shape index (κ2) is 5.49. The van der Waals surface area contributed by atoms with Gasteiger partial charge in [-0.05, 0) is 19.8 Å². The summed E-state index contributed by atoms with van der Waals surface area (Å²) in [5.41, 5.74) is 1.82. The minimum absolute atomic E-state index is 0.418. The zero-order valence-corrected chi connectivity index (χ0v) is 12.7. The van der Waals surface area contributed by atoms with Crippen LogP contribution in [-0.4, -0.2) is 27.6 Å². The number of fused-ring (bicyclic) bond motifs is 1. The average molecular weight is 309 g/mol. The summed E-state index contributed by atoms with van der Waals surface area (Å²) >= 11 is 3.25. The predicted molar refractivity (Wildman–Crippen MR) is 79.9 cm³/mol. The van der Waals surface area contributed by atoms with Crippen LogP contribution < -0.4 is 5.32 Å². The molecule has 2 N–H and O–H groups in total. The molecule has 0 amide bonds. The Labute approximate surface area is 124 Å². The number of nitrogens with one attached hydrogen (secondary N) is 1. The Hall–Kier alpha value is -1.47. The first-order chi connectivity index (χ1) is 9.63. The quantitative estimate of drug-likeness (QED) is 0.888. The minimum Gasteiger partial charge on any atom is -0.481 e. The molecule has 0 radical (unpaired) electrons. The van der Waals surface area contributed by atoms with Crippen molar-refractivity contribution in [2.24, 2.45) is 0 Å². The van der Waals surface area contributed by atoms with Gasteiger partial charge in [-0.15, -0.1) is 22.7 Å². The molecule has 0 saturated carbocycles. The zero-order chi connectivity index (χ0) is 14.1. The van der Waals surface area contributed by atoms with E-state index in [9.17, 15) is 4.79 Å². The van der Waals surface area contributed by atoms with Gasteiger partial charge in [-0.25, -0.2) is 9.97 Å². The third-order valence-electron chi connectivity index (χ3n) is 3.30. The highest BCUT2D eigenvalue weighted by molar-refractivity contribution is 7.15. The molecular weight excluding hydrogens is 294 g/mol. The molecule has 0 spiro atoms. The number of thiazole rings is 2. The highest BCUT2D eigenvalue weighted by Gasteiger charge is 2.32. The molecule has 0 aliphatic heterocycles. The number of carboxylic acids is 1. The summed E-state index contributed by atoms with van der Waals surface area (Å²) in [4.78, 5) is 21.1. The van der Waals surface area contributed by atoms with E-state index in [-0.39, 0.29) is 0 Å². The highest BCUT2D eigenvalue weighted by atomic mass is 32.1. The normalized spacial score (nSPS) is 17.1. The maximum absolute atomic E-state index is 11.1. The van der Waals surface area contributed by atoms with E-state index in [0.717, 1.165) is 45.8 Å². The maximum atomic E-state index is 11.1. The molecule has 1 unspecified atom stereocenters. The van der Waals surface area contributed by atoms with Crippen molar-refractivity contribution in [3.8, 4) is 0 Å². The Bertz CT molecular complexity index is 635. The largest absolute Gasteiger partial charge is 0.481 e. The first-order valence-corrected chi connectivity index (χ1v) is 8.20. The zero-order valence-electron chi connectivity index (χ0n) is 11.0. The molecule has 1 atom stereocenters. The maximum Gasteiger partial charge on any atom is 0.312 e. The van der Waals surface area contributed by atoms with Gasteiger partial charge < -0.3 is 10.4 Å². The number of carbonyl (C=O) groups is 1. The second-order valence-corrected chi connectivity index (χ2v) is 6.84. The summed E-state index contributed by atoms with van der Waals surface area (Å²) in [7, 11) is 0. The summed E-state index contributed by atoms with van der Waals surface area (Å²) in [6.45, 7) is 2.77. The van der Waals surface area contributed by atoms with E-state index in [4.69, 9.17) is 5.11 Å². The van der Waals surface area contributed by atoms with E-state index in [1.54, 1.807) is 22.7 Å². The van der Waals surface area contributed by atoms with Gasteiger partial charge in [0.2, 0.25) is 0 Å². The lowest BCUT2D eigenvalue weighted by atomic mass is 10.1. The summed E-state index contributed by atoms with van der Waals surface area (Å²) in [5, 5.41) is 16.4. The van der Waals surface area contributed by atoms with Crippen molar-refractivity contribution in [3.05, 3.63) is 26.7 Å². The van der Waals surface area contributed by atoms with Gasteiger partial charge in [0.25, 0.3) is 0 Å². The molecule has 3 rings (SSSR count). The fraction of sp³-hybridized carbons (Fsp3) is 0.462. The van der Waals surface area contributed by atoms with Gasteiger partial charge in [-0.1, -0.05) is 0 Å². The first-order valence-electron chi connectivity index (χ1n) is 6.51. The lowest BCUT2D eigenvalue weighted by molar-refractivity contribution is -0.138. The van der Waals surface area contributed by atoms with Crippen LogP contribution in [0, 0.1) is 6.92 Å². The van der Waals surface area contributed by atoms with Gasteiger partial charge in [0.1, 0.15) is 5.92 Å². The summed E-state index contributed by atoms with van der Waals surface area (Å²) < 4.78 is 0. The summed E-state index contributed by atoms with van der Waals surface area (Å²) in [6, 6.07) is 0. The van der Waals surface area contributed by atoms with Crippen molar-refractivity contribution in [2.45, 2.75) is 32.1 Å². The molecule has 1 aliphatic carbocycles. The lowest BCUT2D eigenvalue weighted by Crippen LogP contribution is -2.09. The minimum atomic E-state index is -0.765. The molecule has 0 fully saturated rings. The molecule has 106 valence electrons. The van der Waals surface area contributed by atoms with Gasteiger partial charge in [-0.2, -0.15) is 0 Å². The third kappa shape index (κ3) is 2.69. The standard InChI is InChI=1S/C13H15N3O2S2/c1-7-6-19-10(15-7)4-5-14-13-16-11-8(12(17)18)2-3-9(11)20-13/h6,8H,2-5H2,1H3,(H,14,16)(H,17,18). The fourth-order valence-electron chi connectivity index (χ4n) is 2.34. The molecule has 0 saturated heterocycles. The second-order valence-electron chi connectivity index (χ2n) is 4.82. The number of aliphatic carboxylic acids is 1. The Kier molecular flexibility index (Phi) is 3.71. The van der Waals surface area contributed by atoms with Crippen LogP contribution in [0.4, 0.5) is 5.13 Å². The average Bonchev–Trinajstić information content (AvgIpc) is 3.04. The third-order valence-corrected chi connectivity index (χ3v) is 5.41. The van der Waals surface area contributed by atoms with Crippen molar-refractivity contribution in [1.82, 2.24) is 9.97 Å². The van der Waals surface area contributed by atoms with Gasteiger partial charge in [0, 0.05) is 28.9 Å². The number of aromatic nitrogens is 2. The fourth-order valence-corrected chi connectivity index (χ4v) is 4.18. The number of anilines is 1. The van der Waals surface area contributed by atoms with Gasteiger partial charge in [0.15, 0.2) is 5.13 Å². The first kappa shape index (κ1) is 13.5. The van der Waals surface area contributed by atoms with Crippen molar-refractivity contribution in [1.29, 1.82) is 0 Å². The SMILES string of the molecule is Cc1csc(CCNc2nc3c(s2)CCC3C(=O)O)n1. The van der Waals surface area contributed by atoms with Crippen molar-refractivity contribution in [2.75, 3.05) is 11.9 Å². The van der Waals surface area contributed by atoms with E-state index < -0.39 is 11.9 Å². The Balaban J connectivity index is 1.59.